The minimum absolute atomic E-state index is 0.175. The molecule has 0 aliphatic rings. The highest BCUT2D eigenvalue weighted by Crippen LogP contribution is 2.16. The van der Waals surface area contributed by atoms with Crippen molar-refractivity contribution in [2.45, 2.75) is 13.3 Å². The summed E-state index contributed by atoms with van der Waals surface area (Å²) in [6.07, 6.45) is 3.89. The number of benzene rings is 1. The number of anilines is 2. The third-order valence-electron chi connectivity index (χ3n) is 3.76. The Bertz CT molecular complexity index is 875. The Morgan fingerprint density at radius 3 is 2.69 bits per heavy atom. The molecule has 3 rings (SSSR count). The van der Waals surface area contributed by atoms with Gasteiger partial charge in [0.1, 0.15) is 11.5 Å². The molecule has 7 nitrogen and oxygen atoms in total. The zero-order valence-electron chi connectivity index (χ0n) is 14.7. The van der Waals surface area contributed by atoms with Gasteiger partial charge in [-0.05, 0) is 37.1 Å². The standard InChI is InChI=1S/C19H20N4O3/c1-13-9-18(23-26-13)22-16-10-15(11-20-12-16)19(24)21-8-7-14-3-5-17(25-2)6-4-14/h3-6,9-12H,7-8H2,1-2H3,(H,21,24)(H,22,23). The lowest BCUT2D eigenvalue weighted by Crippen LogP contribution is -2.25. The first-order valence-electron chi connectivity index (χ1n) is 8.20. The third kappa shape index (κ3) is 4.60. The summed E-state index contributed by atoms with van der Waals surface area (Å²) < 4.78 is 10.1. The minimum Gasteiger partial charge on any atom is -0.497 e. The zero-order chi connectivity index (χ0) is 18.4. The summed E-state index contributed by atoms with van der Waals surface area (Å²) in [6, 6.07) is 11.3. The van der Waals surface area contributed by atoms with Crippen LogP contribution in [0.3, 0.4) is 0 Å². The fourth-order valence-electron chi connectivity index (χ4n) is 2.42. The molecule has 2 aromatic heterocycles. The Morgan fingerprint density at radius 2 is 2.00 bits per heavy atom. The highest BCUT2D eigenvalue weighted by Gasteiger charge is 2.08. The maximum atomic E-state index is 12.3. The van der Waals surface area contributed by atoms with Crippen molar-refractivity contribution >= 4 is 17.4 Å². The van der Waals surface area contributed by atoms with Crippen molar-refractivity contribution in [1.82, 2.24) is 15.5 Å². The van der Waals surface area contributed by atoms with Gasteiger partial charge in [-0.25, -0.2) is 0 Å². The second-order valence-electron chi connectivity index (χ2n) is 5.76. The first-order valence-corrected chi connectivity index (χ1v) is 8.20. The Labute approximate surface area is 151 Å². The lowest BCUT2D eigenvalue weighted by molar-refractivity contribution is 0.0954. The molecule has 0 bridgehead atoms. The number of carbonyl (C=O) groups excluding carboxylic acids is 1. The highest BCUT2D eigenvalue weighted by molar-refractivity contribution is 5.94. The van der Waals surface area contributed by atoms with Gasteiger partial charge in [0.25, 0.3) is 5.91 Å². The summed E-state index contributed by atoms with van der Waals surface area (Å²) in [6.45, 7) is 2.34. The van der Waals surface area contributed by atoms with Crippen molar-refractivity contribution in [2.24, 2.45) is 0 Å². The number of methoxy groups -OCH3 is 1. The first kappa shape index (κ1) is 17.5. The van der Waals surface area contributed by atoms with Crippen LogP contribution in [0.1, 0.15) is 21.7 Å². The van der Waals surface area contributed by atoms with Crippen molar-refractivity contribution in [3.8, 4) is 5.75 Å². The summed E-state index contributed by atoms with van der Waals surface area (Å²) in [7, 11) is 1.63. The van der Waals surface area contributed by atoms with E-state index in [4.69, 9.17) is 9.26 Å². The minimum atomic E-state index is -0.175. The van der Waals surface area contributed by atoms with Crippen LogP contribution in [0.2, 0.25) is 0 Å². The molecule has 3 aromatic rings. The van der Waals surface area contributed by atoms with E-state index < -0.39 is 0 Å². The van der Waals surface area contributed by atoms with Crippen molar-refractivity contribution in [2.75, 3.05) is 19.0 Å². The number of aryl methyl sites for hydroxylation is 1. The molecule has 0 radical (unpaired) electrons. The number of ether oxygens (including phenoxy) is 1. The monoisotopic (exact) mass is 352 g/mol. The Kier molecular flexibility index (Phi) is 5.48. The van der Waals surface area contributed by atoms with Crippen molar-refractivity contribution in [3.05, 3.63) is 65.7 Å². The van der Waals surface area contributed by atoms with E-state index in [9.17, 15) is 4.79 Å². The largest absolute Gasteiger partial charge is 0.497 e. The Hall–Kier alpha value is -3.35. The average molecular weight is 352 g/mol. The van der Waals surface area contributed by atoms with Crippen LogP contribution in [-0.2, 0) is 6.42 Å². The van der Waals surface area contributed by atoms with Gasteiger partial charge in [0.05, 0.1) is 24.6 Å². The van der Waals surface area contributed by atoms with Crippen LogP contribution in [-0.4, -0.2) is 29.7 Å². The van der Waals surface area contributed by atoms with Gasteiger partial charge in [-0.2, -0.15) is 0 Å². The van der Waals surface area contributed by atoms with E-state index in [2.05, 4.69) is 20.8 Å². The van der Waals surface area contributed by atoms with Crippen LogP contribution in [0.25, 0.3) is 0 Å². The molecule has 26 heavy (non-hydrogen) atoms. The number of aromatic nitrogens is 2. The fraction of sp³-hybridized carbons (Fsp3) is 0.211. The molecule has 0 atom stereocenters. The summed E-state index contributed by atoms with van der Waals surface area (Å²) in [4.78, 5) is 16.4. The van der Waals surface area contributed by atoms with Gasteiger partial charge < -0.3 is 19.9 Å². The quantitative estimate of drug-likeness (QED) is 0.679. The maximum Gasteiger partial charge on any atom is 0.252 e. The van der Waals surface area contributed by atoms with Crippen molar-refractivity contribution in [3.63, 3.8) is 0 Å². The zero-order valence-corrected chi connectivity index (χ0v) is 14.7. The molecule has 1 amide bonds. The first-order chi connectivity index (χ1) is 12.6. The number of amides is 1. The summed E-state index contributed by atoms with van der Waals surface area (Å²) in [5, 5.41) is 9.81. The normalized spacial score (nSPS) is 10.4. The Morgan fingerprint density at radius 1 is 1.19 bits per heavy atom. The van der Waals surface area contributed by atoms with Gasteiger partial charge in [-0.15, -0.1) is 0 Å². The molecule has 0 aliphatic heterocycles. The molecule has 0 saturated heterocycles. The SMILES string of the molecule is COc1ccc(CCNC(=O)c2cncc(Nc3cc(C)on3)c2)cc1. The number of hydrogen-bond donors (Lipinski definition) is 2. The van der Waals surface area contributed by atoms with Crippen LogP contribution in [0, 0.1) is 6.92 Å². The van der Waals surface area contributed by atoms with Gasteiger partial charge in [-0.1, -0.05) is 17.3 Å². The predicted molar refractivity (Wildman–Crippen MR) is 97.8 cm³/mol. The van der Waals surface area contributed by atoms with Crippen LogP contribution in [0.5, 0.6) is 5.75 Å². The van der Waals surface area contributed by atoms with E-state index in [1.807, 2.05) is 31.2 Å². The molecule has 0 spiro atoms. The molecular formula is C19H20N4O3. The van der Waals surface area contributed by atoms with E-state index in [-0.39, 0.29) is 5.91 Å². The van der Waals surface area contributed by atoms with Gasteiger partial charge >= 0.3 is 0 Å². The smallest absolute Gasteiger partial charge is 0.252 e. The van der Waals surface area contributed by atoms with Gasteiger partial charge in [0.15, 0.2) is 5.82 Å². The molecule has 1 aromatic carbocycles. The van der Waals surface area contributed by atoms with Crippen molar-refractivity contribution in [1.29, 1.82) is 0 Å². The Balaban J connectivity index is 1.54. The number of nitrogens with zero attached hydrogens (tertiary/aromatic N) is 2. The van der Waals surface area contributed by atoms with Crippen LogP contribution in [0.15, 0.2) is 53.3 Å². The predicted octanol–water partition coefficient (Wildman–Crippen LogP) is 3.10. The number of rotatable bonds is 7. The molecule has 7 heteroatoms. The molecule has 0 saturated carbocycles. The van der Waals surface area contributed by atoms with Gasteiger partial charge in [0, 0.05) is 18.8 Å². The molecule has 2 N–H and O–H groups in total. The van der Waals surface area contributed by atoms with Gasteiger partial charge in [-0.3, -0.25) is 9.78 Å². The molecule has 0 aliphatic carbocycles. The molecular weight excluding hydrogens is 332 g/mol. The molecule has 0 fully saturated rings. The second kappa shape index (κ2) is 8.15. The number of nitrogens with one attached hydrogen (secondary N) is 2. The molecule has 134 valence electrons. The summed E-state index contributed by atoms with van der Waals surface area (Å²) in [5.41, 5.74) is 2.27. The highest BCUT2D eigenvalue weighted by atomic mass is 16.5. The van der Waals surface area contributed by atoms with Gasteiger partial charge in [0.2, 0.25) is 0 Å². The third-order valence-corrected chi connectivity index (χ3v) is 3.76. The van der Waals surface area contributed by atoms with E-state index in [1.54, 1.807) is 25.4 Å². The fourth-order valence-corrected chi connectivity index (χ4v) is 2.42. The lowest BCUT2D eigenvalue weighted by Gasteiger charge is -2.07. The van der Waals surface area contributed by atoms with Crippen LogP contribution in [0.4, 0.5) is 11.5 Å². The number of pyridine rings is 1. The van der Waals surface area contributed by atoms with Crippen LogP contribution >= 0.6 is 0 Å². The van der Waals surface area contributed by atoms with Crippen molar-refractivity contribution < 1.29 is 14.1 Å². The van der Waals surface area contributed by atoms with E-state index >= 15 is 0 Å². The molecule has 2 heterocycles. The van der Waals surface area contributed by atoms with E-state index in [1.165, 1.54) is 6.20 Å². The van der Waals surface area contributed by atoms with Crippen LogP contribution < -0.4 is 15.4 Å². The number of carbonyl (C=O) groups is 1. The van der Waals surface area contributed by atoms with E-state index in [0.29, 0.717) is 29.4 Å². The average Bonchev–Trinajstić information content (AvgIpc) is 3.07. The maximum absolute atomic E-state index is 12.3. The summed E-state index contributed by atoms with van der Waals surface area (Å²) >= 11 is 0. The van der Waals surface area contributed by atoms with E-state index in [0.717, 1.165) is 17.7 Å². The molecule has 0 unspecified atom stereocenters. The summed E-state index contributed by atoms with van der Waals surface area (Å²) in [5.74, 6) is 1.91. The lowest BCUT2D eigenvalue weighted by atomic mass is 10.1. The topological polar surface area (TPSA) is 89.3 Å². The second-order valence-corrected chi connectivity index (χ2v) is 5.76. The number of hydrogen-bond acceptors (Lipinski definition) is 6.